The van der Waals surface area contributed by atoms with Crippen LogP contribution >= 0.6 is 0 Å². The van der Waals surface area contributed by atoms with Crippen LogP contribution in [0.25, 0.3) is 0 Å². The molecular weight excluding hydrogens is 244 g/mol. The molecule has 0 aliphatic rings. The van der Waals surface area contributed by atoms with Crippen molar-refractivity contribution in [2.75, 3.05) is 37.4 Å². The van der Waals surface area contributed by atoms with Crippen LogP contribution in [0.1, 0.15) is 32.5 Å². The highest BCUT2D eigenvalue weighted by molar-refractivity contribution is 5.80. The zero-order valence-electron chi connectivity index (χ0n) is 12.2. The Morgan fingerprint density at radius 2 is 1.95 bits per heavy atom. The van der Waals surface area contributed by atoms with Crippen molar-refractivity contribution in [1.82, 2.24) is 20.3 Å². The molecule has 1 heterocycles. The van der Waals surface area contributed by atoms with E-state index in [1.54, 1.807) is 0 Å². The highest BCUT2D eigenvalue weighted by Crippen LogP contribution is 2.14. The molecule has 0 saturated carbocycles. The minimum atomic E-state index is -0.0830. The average molecular weight is 266 g/mol. The molecule has 1 aromatic heterocycles. The second kappa shape index (κ2) is 6.86. The van der Waals surface area contributed by atoms with Crippen LogP contribution in [-0.2, 0) is 4.79 Å². The smallest absolute Gasteiger partial charge is 0.239 e. The number of anilines is 2. The number of carbonyl (C=O) groups is 1. The Morgan fingerprint density at radius 3 is 2.47 bits per heavy atom. The van der Waals surface area contributed by atoms with Gasteiger partial charge in [-0.05, 0) is 6.92 Å². The summed E-state index contributed by atoms with van der Waals surface area (Å²) in [5.41, 5.74) is 0. The Bertz CT molecular complexity index is 406. The Labute approximate surface area is 113 Å². The third-order valence-electron chi connectivity index (χ3n) is 2.34. The van der Waals surface area contributed by atoms with Crippen molar-refractivity contribution in [2.24, 2.45) is 0 Å². The molecule has 0 unspecified atom stereocenters. The molecule has 19 heavy (non-hydrogen) atoms. The maximum atomic E-state index is 11.4. The molecular formula is C12H22N6O. The van der Waals surface area contributed by atoms with Gasteiger partial charge in [-0.1, -0.05) is 13.8 Å². The Balaban J connectivity index is 2.84. The number of aromatic nitrogens is 3. The minimum Gasteiger partial charge on any atom is -0.355 e. The van der Waals surface area contributed by atoms with Crippen molar-refractivity contribution >= 4 is 17.8 Å². The predicted molar refractivity (Wildman–Crippen MR) is 75.4 cm³/mol. The van der Waals surface area contributed by atoms with Gasteiger partial charge < -0.3 is 15.5 Å². The number of likely N-dealkylation sites (N-methyl/N-ethyl adjacent to an activating group) is 1. The first kappa shape index (κ1) is 15.1. The summed E-state index contributed by atoms with van der Waals surface area (Å²) in [6, 6.07) is 0. The normalized spacial score (nSPS) is 10.4. The van der Waals surface area contributed by atoms with Crippen LogP contribution < -0.4 is 15.5 Å². The average Bonchev–Trinajstić information content (AvgIpc) is 2.36. The van der Waals surface area contributed by atoms with E-state index in [2.05, 4.69) is 25.6 Å². The van der Waals surface area contributed by atoms with Crippen molar-refractivity contribution in [3.63, 3.8) is 0 Å². The highest BCUT2D eigenvalue weighted by atomic mass is 16.1. The first-order valence-corrected chi connectivity index (χ1v) is 6.37. The van der Waals surface area contributed by atoms with E-state index in [1.165, 1.54) is 0 Å². The topological polar surface area (TPSA) is 83.0 Å². The summed E-state index contributed by atoms with van der Waals surface area (Å²) in [6.07, 6.45) is 0. The predicted octanol–water partition coefficient (Wildman–Crippen LogP) is 0.609. The van der Waals surface area contributed by atoms with Crippen LogP contribution in [0, 0.1) is 0 Å². The summed E-state index contributed by atoms with van der Waals surface area (Å²) >= 11 is 0. The molecule has 0 radical (unpaired) electrons. The van der Waals surface area contributed by atoms with Crippen LogP contribution in [0.5, 0.6) is 0 Å². The summed E-state index contributed by atoms with van der Waals surface area (Å²) in [6.45, 7) is 6.67. The number of hydrogen-bond donors (Lipinski definition) is 2. The molecule has 1 amide bonds. The lowest BCUT2D eigenvalue weighted by atomic mass is 10.2. The van der Waals surface area contributed by atoms with Gasteiger partial charge in [-0.2, -0.15) is 15.0 Å². The van der Waals surface area contributed by atoms with Crippen LogP contribution in [0.2, 0.25) is 0 Å². The first-order chi connectivity index (χ1) is 8.93. The van der Waals surface area contributed by atoms with E-state index in [1.807, 2.05) is 39.8 Å². The molecule has 0 spiro atoms. The second-order valence-corrected chi connectivity index (χ2v) is 4.67. The van der Waals surface area contributed by atoms with Gasteiger partial charge in [-0.15, -0.1) is 0 Å². The second-order valence-electron chi connectivity index (χ2n) is 4.67. The van der Waals surface area contributed by atoms with Crippen LogP contribution in [0.3, 0.4) is 0 Å². The maximum absolute atomic E-state index is 11.4. The molecule has 7 heteroatoms. The molecule has 1 aromatic rings. The summed E-state index contributed by atoms with van der Waals surface area (Å²) in [5.74, 6) is 1.83. The van der Waals surface area contributed by atoms with Crippen molar-refractivity contribution in [1.29, 1.82) is 0 Å². The minimum absolute atomic E-state index is 0.0830. The SMILES string of the molecule is CCNC(=O)CNc1nc(C(C)C)nc(N(C)C)n1. The Kier molecular flexibility index (Phi) is 5.47. The maximum Gasteiger partial charge on any atom is 0.239 e. The lowest BCUT2D eigenvalue weighted by Crippen LogP contribution is -2.30. The molecule has 2 N–H and O–H groups in total. The number of nitrogens with zero attached hydrogens (tertiary/aromatic N) is 4. The number of rotatable bonds is 6. The molecule has 0 aliphatic heterocycles. The number of nitrogens with one attached hydrogen (secondary N) is 2. The Hall–Kier alpha value is -1.92. The zero-order chi connectivity index (χ0) is 14.4. The fourth-order valence-electron chi connectivity index (χ4n) is 1.34. The Morgan fingerprint density at radius 1 is 1.26 bits per heavy atom. The first-order valence-electron chi connectivity index (χ1n) is 6.37. The van der Waals surface area contributed by atoms with Gasteiger partial charge in [0.15, 0.2) is 0 Å². The standard InChI is InChI=1S/C12H22N6O/c1-6-13-9(19)7-14-11-15-10(8(2)3)16-12(17-11)18(4)5/h8H,6-7H2,1-5H3,(H,13,19)(H,14,15,16,17). The third-order valence-corrected chi connectivity index (χ3v) is 2.34. The summed E-state index contributed by atoms with van der Waals surface area (Å²) in [5, 5.41) is 5.63. The van der Waals surface area contributed by atoms with Crippen molar-refractivity contribution in [3.8, 4) is 0 Å². The van der Waals surface area contributed by atoms with E-state index < -0.39 is 0 Å². The van der Waals surface area contributed by atoms with Crippen LogP contribution in [0.4, 0.5) is 11.9 Å². The molecule has 0 aliphatic carbocycles. The van der Waals surface area contributed by atoms with Crippen molar-refractivity contribution in [2.45, 2.75) is 26.7 Å². The van der Waals surface area contributed by atoms with Gasteiger partial charge in [0.2, 0.25) is 17.8 Å². The summed E-state index contributed by atoms with van der Waals surface area (Å²) in [4.78, 5) is 26.1. The van der Waals surface area contributed by atoms with Gasteiger partial charge in [0.25, 0.3) is 0 Å². The fourth-order valence-corrected chi connectivity index (χ4v) is 1.34. The molecule has 1 rings (SSSR count). The third kappa shape index (κ3) is 4.69. The summed E-state index contributed by atoms with van der Waals surface area (Å²) in [7, 11) is 3.74. The van der Waals surface area contributed by atoms with Crippen molar-refractivity contribution in [3.05, 3.63) is 5.82 Å². The largest absolute Gasteiger partial charge is 0.355 e. The van der Waals surface area contributed by atoms with E-state index in [0.717, 1.165) is 0 Å². The number of amides is 1. The van der Waals surface area contributed by atoms with E-state index in [-0.39, 0.29) is 18.4 Å². The van der Waals surface area contributed by atoms with E-state index in [4.69, 9.17) is 0 Å². The van der Waals surface area contributed by atoms with Gasteiger partial charge >= 0.3 is 0 Å². The fraction of sp³-hybridized carbons (Fsp3) is 0.667. The van der Waals surface area contributed by atoms with Gasteiger partial charge in [0.1, 0.15) is 5.82 Å². The van der Waals surface area contributed by atoms with E-state index >= 15 is 0 Å². The summed E-state index contributed by atoms with van der Waals surface area (Å²) < 4.78 is 0. The molecule has 0 fully saturated rings. The molecule has 0 bridgehead atoms. The molecule has 7 nitrogen and oxygen atoms in total. The van der Waals surface area contributed by atoms with E-state index in [9.17, 15) is 4.79 Å². The monoisotopic (exact) mass is 266 g/mol. The quantitative estimate of drug-likeness (QED) is 0.785. The lowest BCUT2D eigenvalue weighted by molar-refractivity contribution is -0.119. The molecule has 0 saturated heterocycles. The van der Waals surface area contributed by atoms with Crippen molar-refractivity contribution < 1.29 is 4.79 Å². The zero-order valence-corrected chi connectivity index (χ0v) is 12.2. The number of hydrogen-bond acceptors (Lipinski definition) is 6. The molecule has 0 aromatic carbocycles. The van der Waals surface area contributed by atoms with Crippen LogP contribution in [0.15, 0.2) is 0 Å². The van der Waals surface area contributed by atoms with Gasteiger partial charge in [-0.3, -0.25) is 4.79 Å². The molecule has 0 atom stereocenters. The van der Waals surface area contributed by atoms with Gasteiger partial charge in [0.05, 0.1) is 6.54 Å². The van der Waals surface area contributed by atoms with E-state index in [0.29, 0.717) is 24.3 Å². The lowest BCUT2D eigenvalue weighted by Gasteiger charge is -2.14. The molecule has 106 valence electrons. The van der Waals surface area contributed by atoms with Gasteiger partial charge in [0, 0.05) is 26.6 Å². The number of carbonyl (C=O) groups excluding carboxylic acids is 1. The van der Waals surface area contributed by atoms with Gasteiger partial charge in [-0.25, -0.2) is 0 Å². The van der Waals surface area contributed by atoms with Crippen LogP contribution in [-0.4, -0.2) is 48.0 Å². The highest BCUT2D eigenvalue weighted by Gasteiger charge is 2.11.